The van der Waals surface area contributed by atoms with Crippen LogP contribution in [-0.2, 0) is 4.74 Å². The van der Waals surface area contributed by atoms with Crippen LogP contribution < -0.4 is 5.32 Å². The van der Waals surface area contributed by atoms with E-state index in [1.54, 1.807) is 31.4 Å². The Morgan fingerprint density at radius 1 is 1.55 bits per heavy atom. The monoisotopic (exact) mass is 301 g/mol. The highest BCUT2D eigenvalue weighted by molar-refractivity contribution is 5.94. The summed E-state index contributed by atoms with van der Waals surface area (Å²) in [5, 5.41) is 11.8. The van der Waals surface area contributed by atoms with Crippen molar-refractivity contribution in [2.45, 2.75) is 12.8 Å². The molecule has 22 heavy (non-hydrogen) atoms. The molecular formula is C17H23N3O2. The molecule has 1 fully saturated rings. The molecule has 0 saturated carbocycles. The van der Waals surface area contributed by atoms with Gasteiger partial charge in [-0.1, -0.05) is 6.07 Å². The molecule has 0 aliphatic carbocycles. The van der Waals surface area contributed by atoms with E-state index in [2.05, 4.69) is 16.3 Å². The Hall–Kier alpha value is -1.90. The molecule has 5 heteroatoms. The molecule has 1 aliphatic rings. The first kappa shape index (κ1) is 16.5. The SMILES string of the molecule is COCCCN1CCC(CNC(=O)c2cccc(C#N)c2)C1. The minimum absolute atomic E-state index is 0.102. The van der Waals surface area contributed by atoms with Gasteiger partial charge in [0.1, 0.15) is 0 Å². The molecule has 1 N–H and O–H groups in total. The van der Waals surface area contributed by atoms with Gasteiger partial charge in [0, 0.05) is 38.9 Å². The molecule has 1 saturated heterocycles. The average molecular weight is 301 g/mol. The summed E-state index contributed by atoms with van der Waals surface area (Å²) >= 11 is 0. The molecule has 0 spiro atoms. The minimum Gasteiger partial charge on any atom is -0.385 e. The van der Waals surface area contributed by atoms with Crippen molar-refractivity contribution in [3.63, 3.8) is 0 Å². The van der Waals surface area contributed by atoms with Gasteiger partial charge in [0.2, 0.25) is 0 Å². The molecule has 1 unspecified atom stereocenters. The van der Waals surface area contributed by atoms with Gasteiger partial charge in [0.05, 0.1) is 11.6 Å². The number of carbonyl (C=O) groups is 1. The van der Waals surface area contributed by atoms with Crippen LogP contribution in [0.1, 0.15) is 28.8 Å². The normalized spacial score (nSPS) is 18.1. The third-order valence-corrected chi connectivity index (χ3v) is 4.00. The van der Waals surface area contributed by atoms with Crippen LogP contribution >= 0.6 is 0 Å². The third-order valence-electron chi connectivity index (χ3n) is 4.00. The van der Waals surface area contributed by atoms with Crippen molar-refractivity contribution < 1.29 is 9.53 Å². The zero-order valence-corrected chi connectivity index (χ0v) is 13.0. The first-order chi connectivity index (χ1) is 10.7. The van der Waals surface area contributed by atoms with Crippen LogP contribution in [0.4, 0.5) is 0 Å². The summed E-state index contributed by atoms with van der Waals surface area (Å²) in [6.45, 7) is 4.67. The number of likely N-dealkylation sites (tertiary alicyclic amines) is 1. The van der Waals surface area contributed by atoms with Gasteiger partial charge in [-0.15, -0.1) is 0 Å². The number of rotatable bonds is 7. The maximum atomic E-state index is 12.1. The second-order valence-corrected chi connectivity index (χ2v) is 5.70. The molecule has 1 heterocycles. The second-order valence-electron chi connectivity index (χ2n) is 5.70. The topological polar surface area (TPSA) is 65.4 Å². The lowest BCUT2D eigenvalue weighted by Gasteiger charge is -2.16. The van der Waals surface area contributed by atoms with Crippen molar-refractivity contribution in [1.29, 1.82) is 5.26 Å². The Bertz CT molecular complexity index is 539. The summed E-state index contributed by atoms with van der Waals surface area (Å²) in [7, 11) is 1.73. The van der Waals surface area contributed by atoms with Crippen LogP contribution in [0.3, 0.4) is 0 Å². The summed E-state index contributed by atoms with van der Waals surface area (Å²) in [4.78, 5) is 14.5. The predicted molar refractivity (Wildman–Crippen MR) is 84.5 cm³/mol. The van der Waals surface area contributed by atoms with E-state index in [1.807, 2.05) is 0 Å². The molecule has 5 nitrogen and oxygen atoms in total. The van der Waals surface area contributed by atoms with Gasteiger partial charge in [-0.3, -0.25) is 4.79 Å². The molecule has 118 valence electrons. The number of carbonyl (C=O) groups excluding carboxylic acids is 1. The largest absolute Gasteiger partial charge is 0.385 e. The fourth-order valence-corrected chi connectivity index (χ4v) is 2.78. The van der Waals surface area contributed by atoms with Gasteiger partial charge in [-0.05, 0) is 43.5 Å². The number of hydrogen-bond donors (Lipinski definition) is 1. The third kappa shape index (κ3) is 4.83. The number of benzene rings is 1. The van der Waals surface area contributed by atoms with Crippen LogP contribution in [-0.4, -0.2) is 50.7 Å². The van der Waals surface area contributed by atoms with E-state index in [4.69, 9.17) is 10.00 Å². The Morgan fingerprint density at radius 2 is 2.41 bits per heavy atom. The van der Waals surface area contributed by atoms with Gasteiger partial charge >= 0.3 is 0 Å². The number of nitrogens with one attached hydrogen (secondary N) is 1. The summed E-state index contributed by atoms with van der Waals surface area (Å²) < 4.78 is 5.07. The Kier molecular flexibility index (Phi) is 6.38. The van der Waals surface area contributed by atoms with Gasteiger partial charge in [0.25, 0.3) is 5.91 Å². The highest BCUT2D eigenvalue weighted by Gasteiger charge is 2.22. The number of nitriles is 1. The minimum atomic E-state index is -0.102. The Labute approximate surface area is 131 Å². The van der Waals surface area contributed by atoms with E-state index in [9.17, 15) is 4.79 Å². The second kappa shape index (κ2) is 8.52. The first-order valence-corrected chi connectivity index (χ1v) is 7.72. The fourth-order valence-electron chi connectivity index (χ4n) is 2.78. The van der Waals surface area contributed by atoms with E-state index in [0.29, 0.717) is 23.6 Å². The van der Waals surface area contributed by atoms with Gasteiger partial charge in [0.15, 0.2) is 0 Å². The quantitative estimate of drug-likeness (QED) is 0.778. The summed E-state index contributed by atoms with van der Waals surface area (Å²) in [5.74, 6) is 0.403. The lowest BCUT2D eigenvalue weighted by Crippen LogP contribution is -2.31. The van der Waals surface area contributed by atoms with Gasteiger partial charge in [-0.25, -0.2) is 0 Å². The van der Waals surface area contributed by atoms with Crippen molar-refractivity contribution in [3.8, 4) is 6.07 Å². The lowest BCUT2D eigenvalue weighted by molar-refractivity contribution is 0.0947. The molecule has 0 aromatic heterocycles. The molecule has 1 atom stereocenters. The maximum absolute atomic E-state index is 12.1. The number of hydrogen-bond acceptors (Lipinski definition) is 4. The lowest BCUT2D eigenvalue weighted by atomic mass is 10.1. The van der Waals surface area contributed by atoms with E-state index >= 15 is 0 Å². The molecular weight excluding hydrogens is 278 g/mol. The van der Waals surface area contributed by atoms with Crippen molar-refractivity contribution in [3.05, 3.63) is 35.4 Å². The van der Waals surface area contributed by atoms with Crippen LogP contribution in [0.2, 0.25) is 0 Å². The molecule has 2 rings (SSSR count). The molecule has 0 bridgehead atoms. The standard InChI is InChI=1S/C17H23N3O2/c1-22-9-3-7-20-8-6-15(13-20)12-19-17(21)16-5-2-4-14(10-16)11-18/h2,4-5,10,15H,3,6-9,12-13H2,1H3,(H,19,21). The van der Waals surface area contributed by atoms with Crippen LogP contribution in [0.5, 0.6) is 0 Å². The number of amides is 1. The zero-order valence-electron chi connectivity index (χ0n) is 13.0. The molecule has 1 amide bonds. The van der Waals surface area contributed by atoms with Gasteiger partial charge < -0.3 is 15.0 Å². The van der Waals surface area contributed by atoms with Crippen molar-refractivity contribution in [1.82, 2.24) is 10.2 Å². The zero-order chi connectivity index (χ0) is 15.8. The summed E-state index contributed by atoms with van der Waals surface area (Å²) in [5.41, 5.74) is 1.06. The molecule has 0 radical (unpaired) electrons. The van der Waals surface area contributed by atoms with Gasteiger partial charge in [-0.2, -0.15) is 5.26 Å². The van der Waals surface area contributed by atoms with Crippen molar-refractivity contribution in [2.75, 3.05) is 39.9 Å². The van der Waals surface area contributed by atoms with E-state index < -0.39 is 0 Å². The number of methoxy groups -OCH3 is 1. The molecule has 1 aliphatic heterocycles. The summed E-state index contributed by atoms with van der Waals surface area (Å²) in [6.07, 6.45) is 2.17. The van der Waals surface area contributed by atoms with Crippen LogP contribution in [0.25, 0.3) is 0 Å². The molecule has 1 aromatic rings. The van der Waals surface area contributed by atoms with E-state index in [0.717, 1.165) is 39.1 Å². The molecule has 1 aromatic carbocycles. The van der Waals surface area contributed by atoms with Crippen LogP contribution in [0.15, 0.2) is 24.3 Å². The highest BCUT2D eigenvalue weighted by atomic mass is 16.5. The highest BCUT2D eigenvalue weighted by Crippen LogP contribution is 2.15. The maximum Gasteiger partial charge on any atom is 0.251 e. The summed E-state index contributed by atoms with van der Waals surface area (Å²) in [6, 6.07) is 8.85. The predicted octanol–water partition coefficient (Wildman–Crippen LogP) is 1.65. The van der Waals surface area contributed by atoms with Crippen molar-refractivity contribution in [2.24, 2.45) is 5.92 Å². The van der Waals surface area contributed by atoms with E-state index in [-0.39, 0.29) is 5.91 Å². The fraction of sp³-hybridized carbons (Fsp3) is 0.529. The number of ether oxygens (including phenoxy) is 1. The van der Waals surface area contributed by atoms with Crippen LogP contribution in [0, 0.1) is 17.2 Å². The smallest absolute Gasteiger partial charge is 0.251 e. The Balaban J connectivity index is 1.74. The van der Waals surface area contributed by atoms with E-state index in [1.165, 1.54) is 0 Å². The average Bonchev–Trinajstić information content (AvgIpc) is 3.01. The Morgan fingerprint density at radius 3 is 3.18 bits per heavy atom. The number of nitrogens with zero attached hydrogens (tertiary/aromatic N) is 2. The van der Waals surface area contributed by atoms with Crippen molar-refractivity contribution >= 4 is 5.91 Å². The first-order valence-electron chi connectivity index (χ1n) is 7.72.